The Labute approximate surface area is 123 Å². The van der Waals surface area contributed by atoms with E-state index in [-0.39, 0.29) is 17.7 Å². The lowest BCUT2D eigenvalue weighted by Gasteiger charge is -2.34. The fraction of sp³-hybridized carbons (Fsp3) is 0.643. The molecule has 0 bridgehead atoms. The zero-order chi connectivity index (χ0) is 15.6. The van der Waals surface area contributed by atoms with E-state index in [1.807, 2.05) is 20.8 Å². The van der Waals surface area contributed by atoms with Gasteiger partial charge in [0.25, 0.3) is 0 Å². The predicted molar refractivity (Wildman–Crippen MR) is 75.3 cm³/mol. The fourth-order valence-electron chi connectivity index (χ4n) is 2.31. The number of rotatable bonds is 2. The van der Waals surface area contributed by atoms with Crippen molar-refractivity contribution in [2.45, 2.75) is 45.3 Å². The van der Waals surface area contributed by atoms with Crippen LogP contribution in [0.25, 0.3) is 0 Å². The fourth-order valence-corrected chi connectivity index (χ4v) is 2.31. The van der Waals surface area contributed by atoms with Crippen molar-refractivity contribution < 1.29 is 19.4 Å². The lowest BCUT2D eigenvalue weighted by Crippen LogP contribution is -2.43. The molecule has 1 amide bonds. The Balaban J connectivity index is 2.03. The molecule has 1 aliphatic heterocycles. The third-order valence-corrected chi connectivity index (χ3v) is 3.27. The van der Waals surface area contributed by atoms with Crippen molar-refractivity contribution in [3.8, 4) is 0 Å². The molecule has 0 saturated carbocycles. The summed E-state index contributed by atoms with van der Waals surface area (Å²) in [5.41, 5.74) is -0.365. The second kappa shape index (κ2) is 5.75. The van der Waals surface area contributed by atoms with Gasteiger partial charge in [-0.2, -0.15) is 5.10 Å². The summed E-state index contributed by atoms with van der Waals surface area (Å²) >= 11 is 0. The molecule has 1 unspecified atom stereocenters. The molecule has 1 atom stereocenters. The number of likely N-dealkylation sites (tertiary alicyclic amines) is 1. The minimum atomic E-state index is -0.999. The standard InChI is InChI=1S/C14H21N3O4/c1-14(2,3)21-13(20)16-6-4-5-11(9-16)17-8-10(7-15-17)12(18)19/h7-8,11H,4-6,9H2,1-3H3,(H,18,19). The quantitative estimate of drug-likeness (QED) is 0.903. The highest BCUT2D eigenvalue weighted by Gasteiger charge is 2.28. The lowest BCUT2D eigenvalue weighted by atomic mass is 10.1. The summed E-state index contributed by atoms with van der Waals surface area (Å²) in [5, 5.41) is 13.0. The van der Waals surface area contributed by atoms with Crippen molar-refractivity contribution in [1.82, 2.24) is 14.7 Å². The molecule has 1 aromatic heterocycles. The average molecular weight is 295 g/mol. The minimum Gasteiger partial charge on any atom is -0.478 e. The van der Waals surface area contributed by atoms with Crippen molar-refractivity contribution in [1.29, 1.82) is 0 Å². The van der Waals surface area contributed by atoms with Crippen LogP contribution >= 0.6 is 0 Å². The van der Waals surface area contributed by atoms with Gasteiger partial charge >= 0.3 is 12.1 Å². The van der Waals surface area contributed by atoms with Crippen LogP contribution in [0.3, 0.4) is 0 Å². The molecule has 7 heteroatoms. The Kier molecular flexibility index (Phi) is 4.20. The van der Waals surface area contributed by atoms with Gasteiger partial charge in [0.1, 0.15) is 5.60 Å². The number of hydrogen-bond donors (Lipinski definition) is 1. The first-order valence-electron chi connectivity index (χ1n) is 7.01. The summed E-state index contributed by atoms with van der Waals surface area (Å²) in [6, 6.07) is -0.0145. The number of amides is 1. The Bertz CT molecular complexity index is 533. The Hall–Kier alpha value is -2.05. The van der Waals surface area contributed by atoms with E-state index < -0.39 is 11.6 Å². The van der Waals surface area contributed by atoms with Crippen LogP contribution in [0.15, 0.2) is 12.4 Å². The number of nitrogens with zero attached hydrogens (tertiary/aromatic N) is 3. The molecule has 1 aliphatic rings. The van der Waals surface area contributed by atoms with Crippen LogP contribution in [0.4, 0.5) is 4.79 Å². The SMILES string of the molecule is CC(C)(C)OC(=O)N1CCCC(n2cc(C(=O)O)cn2)C1. The number of aromatic nitrogens is 2. The van der Waals surface area contributed by atoms with Crippen LogP contribution < -0.4 is 0 Å². The molecule has 1 fully saturated rings. The van der Waals surface area contributed by atoms with E-state index in [9.17, 15) is 9.59 Å². The summed E-state index contributed by atoms with van der Waals surface area (Å²) in [6.07, 6.45) is 4.20. The first kappa shape index (κ1) is 15.3. The molecule has 7 nitrogen and oxygen atoms in total. The second-order valence-corrected chi connectivity index (χ2v) is 6.24. The van der Waals surface area contributed by atoms with Crippen LogP contribution in [0, 0.1) is 0 Å². The monoisotopic (exact) mass is 295 g/mol. The molecule has 1 N–H and O–H groups in total. The summed E-state index contributed by atoms with van der Waals surface area (Å²) < 4.78 is 6.99. The first-order valence-corrected chi connectivity index (χ1v) is 7.01. The lowest BCUT2D eigenvalue weighted by molar-refractivity contribution is 0.0167. The van der Waals surface area contributed by atoms with Crippen molar-refractivity contribution in [2.75, 3.05) is 13.1 Å². The molecule has 2 heterocycles. The van der Waals surface area contributed by atoms with E-state index in [2.05, 4.69) is 5.10 Å². The summed E-state index contributed by atoms with van der Waals surface area (Å²) in [4.78, 5) is 24.6. The predicted octanol–water partition coefficient (Wildman–Crippen LogP) is 2.15. The van der Waals surface area contributed by atoms with Crippen molar-refractivity contribution in [3.05, 3.63) is 18.0 Å². The van der Waals surface area contributed by atoms with E-state index in [4.69, 9.17) is 9.84 Å². The van der Waals surface area contributed by atoms with Crippen LogP contribution in [0.5, 0.6) is 0 Å². The highest BCUT2D eigenvalue weighted by atomic mass is 16.6. The summed E-state index contributed by atoms with van der Waals surface area (Å²) in [6.45, 7) is 6.63. The molecule has 116 valence electrons. The number of carboxylic acids is 1. The number of carboxylic acid groups (broad SMARTS) is 1. The van der Waals surface area contributed by atoms with Gasteiger partial charge in [0.2, 0.25) is 0 Å². The van der Waals surface area contributed by atoms with E-state index in [0.717, 1.165) is 12.8 Å². The normalized spacial score (nSPS) is 19.4. The Morgan fingerprint density at radius 1 is 1.43 bits per heavy atom. The molecule has 0 aliphatic carbocycles. The molecule has 1 aromatic rings. The third kappa shape index (κ3) is 3.96. The van der Waals surface area contributed by atoms with Crippen molar-refractivity contribution >= 4 is 12.1 Å². The molecular weight excluding hydrogens is 274 g/mol. The van der Waals surface area contributed by atoms with Crippen LogP contribution in [-0.4, -0.2) is 50.5 Å². The molecule has 1 saturated heterocycles. The zero-order valence-corrected chi connectivity index (χ0v) is 12.6. The largest absolute Gasteiger partial charge is 0.478 e. The molecule has 0 spiro atoms. The van der Waals surface area contributed by atoms with Crippen molar-refractivity contribution in [2.24, 2.45) is 0 Å². The number of hydrogen-bond acceptors (Lipinski definition) is 4. The van der Waals surface area contributed by atoms with Crippen LogP contribution in [-0.2, 0) is 4.74 Å². The zero-order valence-electron chi connectivity index (χ0n) is 12.6. The van der Waals surface area contributed by atoms with E-state index in [1.165, 1.54) is 12.4 Å². The maximum atomic E-state index is 12.1. The smallest absolute Gasteiger partial charge is 0.410 e. The third-order valence-electron chi connectivity index (χ3n) is 3.27. The highest BCUT2D eigenvalue weighted by molar-refractivity contribution is 5.86. The van der Waals surface area contributed by atoms with Crippen LogP contribution in [0.2, 0.25) is 0 Å². The molecule has 2 rings (SSSR count). The van der Waals surface area contributed by atoms with Gasteiger partial charge in [0, 0.05) is 19.3 Å². The number of ether oxygens (including phenoxy) is 1. The Morgan fingerprint density at radius 2 is 2.14 bits per heavy atom. The van der Waals surface area contributed by atoms with Crippen LogP contribution in [0.1, 0.15) is 50.0 Å². The summed E-state index contributed by atoms with van der Waals surface area (Å²) in [5.74, 6) is -0.999. The second-order valence-electron chi connectivity index (χ2n) is 6.24. The van der Waals surface area contributed by atoms with Crippen molar-refractivity contribution in [3.63, 3.8) is 0 Å². The van der Waals surface area contributed by atoms with Gasteiger partial charge in [0.05, 0.1) is 17.8 Å². The highest BCUT2D eigenvalue weighted by Crippen LogP contribution is 2.23. The number of piperidine rings is 1. The first-order chi connectivity index (χ1) is 9.76. The molecule has 0 aromatic carbocycles. The topological polar surface area (TPSA) is 84.7 Å². The van der Waals surface area contributed by atoms with Gasteiger partial charge in [-0.1, -0.05) is 0 Å². The number of carbonyl (C=O) groups is 2. The summed E-state index contributed by atoms with van der Waals surface area (Å²) in [7, 11) is 0. The van der Waals surface area contributed by atoms with E-state index in [0.29, 0.717) is 13.1 Å². The van der Waals surface area contributed by atoms with Gasteiger partial charge in [-0.3, -0.25) is 4.68 Å². The average Bonchev–Trinajstić information content (AvgIpc) is 2.86. The van der Waals surface area contributed by atoms with E-state index in [1.54, 1.807) is 9.58 Å². The maximum Gasteiger partial charge on any atom is 0.410 e. The number of carbonyl (C=O) groups excluding carboxylic acids is 1. The van der Waals surface area contributed by atoms with Gasteiger partial charge in [-0.25, -0.2) is 9.59 Å². The maximum absolute atomic E-state index is 12.1. The van der Waals surface area contributed by atoms with Gasteiger partial charge < -0.3 is 14.7 Å². The van der Waals surface area contributed by atoms with Gasteiger partial charge in [-0.15, -0.1) is 0 Å². The molecule has 21 heavy (non-hydrogen) atoms. The number of aromatic carboxylic acids is 1. The molecular formula is C14H21N3O4. The van der Waals surface area contributed by atoms with Gasteiger partial charge in [0.15, 0.2) is 0 Å². The minimum absolute atomic E-state index is 0.0145. The Morgan fingerprint density at radius 3 is 2.71 bits per heavy atom. The molecule has 0 radical (unpaired) electrons. The van der Waals surface area contributed by atoms with E-state index >= 15 is 0 Å². The van der Waals surface area contributed by atoms with Gasteiger partial charge in [-0.05, 0) is 33.6 Å².